The first-order valence-electron chi connectivity index (χ1n) is 30.6. The van der Waals surface area contributed by atoms with Gasteiger partial charge in [-0.15, -0.1) is 0 Å². The molecule has 1 amide bonds. The molecule has 6 heteroatoms. The van der Waals surface area contributed by atoms with E-state index < -0.39 is 12.1 Å². The number of ether oxygens (including phenoxy) is 1. The Morgan fingerprint density at radius 1 is 0.397 bits per heavy atom. The summed E-state index contributed by atoms with van der Waals surface area (Å²) in [5.41, 5.74) is 0. The molecule has 0 heterocycles. The lowest BCUT2D eigenvalue weighted by atomic mass is 10.0. The molecule has 0 bridgehead atoms. The molecule has 0 aliphatic carbocycles. The van der Waals surface area contributed by atoms with Gasteiger partial charge in [0.15, 0.2) is 0 Å². The number of amides is 1. The van der Waals surface area contributed by atoms with Crippen LogP contribution in [0.15, 0.2) is 24.3 Å². The van der Waals surface area contributed by atoms with Crippen LogP contribution in [0, 0.1) is 0 Å². The van der Waals surface area contributed by atoms with Crippen molar-refractivity contribution in [2.45, 2.75) is 347 Å². The summed E-state index contributed by atoms with van der Waals surface area (Å²) in [5, 5.41) is 22.9. The highest BCUT2D eigenvalue weighted by molar-refractivity contribution is 5.76. The van der Waals surface area contributed by atoms with E-state index in [0.717, 1.165) is 44.9 Å². The lowest BCUT2D eigenvalue weighted by Crippen LogP contribution is -2.45. The third-order valence-electron chi connectivity index (χ3n) is 14.2. The van der Waals surface area contributed by atoms with Gasteiger partial charge in [0.1, 0.15) is 0 Å². The Morgan fingerprint density at radius 2 is 0.691 bits per heavy atom. The van der Waals surface area contributed by atoms with Gasteiger partial charge >= 0.3 is 5.97 Å². The second kappa shape index (κ2) is 57.9. The fourth-order valence-corrected chi connectivity index (χ4v) is 9.51. The third-order valence-corrected chi connectivity index (χ3v) is 14.2. The van der Waals surface area contributed by atoms with Gasteiger partial charge in [-0.05, 0) is 57.8 Å². The fourth-order valence-electron chi connectivity index (χ4n) is 9.51. The van der Waals surface area contributed by atoms with Gasteiger partial charge in [0, 0.05) is 12.8 Å². The highest BCUT2D eigenvalue weighted by Gasteiger charge is 2.18. The van der Waals surface area contributed by atoms with E-state index in [4.69, 9.17) is 4.74 Å². The minimum Gasteiger partial charge on any atom is -0.466 e. The molecule has 68 heavy (non-hydrogen) atoms. The molecular formula is C62H119NO5. The molecular weight excluding hydrogens is 839 g/mol. The summed E-state index contributed by atoms with van der Waals surface area (Å²) < 4.78 is 5.49. The first kappa shape index (κ1) is 66.3. The Hall–Kier alpha value is -1.66. The topological polar surface area (TPSA) is 95.9 Å². The molecule has 0 fully saturated rings. The van der Waals surface area contributed by atoms with Gasteiger partial charge in [0.25, 0.3) is 0 Å². The van der Waals surface area contributed by atoms with Crippen LogP contribution in [-0.4, -0.2) is 47.4 Å². The smallest absolute Gasteiger partial charge is 0.305 e. The van der Waals surface area contributed by atoms with E-state index in [-0.39, 0.29) is 18.5 Å². The van der Waals surface area contributed by atoms with E-state index in [1.54, 1.807) is 6.08 Å². The highest BCUT2D eigenvalue weighted by Crippen LogP contribution is 2.18. The molecule has 0 aromatic carbocycles. The van der Waals surface area contributed by atoms with Crippen LogP contribution < -0.4 is 5.32 Å². The summed E-state index contributed by atoms with van der Waals surface area (Å²) in [5.74, 6) is -0.0582. The van der Waals surface area contributed by atoms with Crippen molar-refractivity contribution in [3.05, 3.63) is 24.3 Å². The predicted molar refractivity (Wildman–Crippen MR) is 296 cm³/mol. The van der Waals surface area contributed by atoms with Crippen molar-refractivity contribution in [2.75, 3.05) is 13.2 Å². The van der Waals surface area contributed by atoms with Crippen LogP contribution in [-0.2, 0) is 14.3 Å². The molecule has 0 radical (unpaired) electrons. The quantitative estimate of drug-likeness (QED) is 0.0321. The Morgan fingerprint density at radius 3 is 1.04 bits per heavy atom. The summed E-state index contributed by atoms with van der Waals surface area (Å²) in [6.45, 7) is 4.89. The number of carbonyl (C=O) groups excluding carboxylic acids is 2. The average molecular weight is 959 g/mol. The lowest BCUT2D eigenvalue weighted by Gasteiger charge is -2.20. The van der Waals surface area contributed by atoms with Gasteiger partial charge in [-0.1, -0.05) is 289 Å². The van der Waals surface area contributed by atoms with E-state index in [1.165, 1.54) is 263 Å². The summed E-state index contributed by atoms with van der Waals surface area (Å²) in [4.78, 5) is 24.5. The van der Waals surface area contributed by atoms with Crippen LogP contribution in [0.25, 0.3) is 0 Å². The van der Waals surface area contributed by atoms with Crippen LogP contribution in [0.5, 0.6) is 0 Å². The van der Waals surface area contributed by atoms with E-state index >= 15 is 0 Å². The van der Waals surface area contributed by atoms with Gasteiger partial charge < -0.3 is 20.3 Å². The zero-order chi connectivity index (χ0) is 49.3. The second-order valence-corrected chi connectivity index (χ2v) is 21.0. The van der Waals surface area contributed by atoms with Crippen molar-refractivity contribution >= 4 is 11.9 Å². The Kier molecular flexibility index (Phi) is 56.5. The Labute approximate surface area is 424 Å². The number of nitrogens with one attached hydrogen (secondary N) is 1. The minimum absolute atomic E-state index is 0.00951. The van der Waals surface area contributed by atoms with Crippen LogP contribution in [0.4, 0.5) is 0 Å². The number of aliphatic hydroxyl groups excluding tert-OH is 2. The van der Waals surface area contributed by atoms with Gasteiger partial charge in [-0.2, -0.15) is 0 Å². The van der Waals surface area contributed by atoms with Gasteiger partial charge in [-0.25, -0.2) is 0 Å². The van der Waals surface area contributed by atoms with Crippen LogP contribution in [0.1, 0.15) is 335 Å². The zero-order valence-electron chi connectivity index (χ0n) is 45.9. The molecule has 0 aromatic rings. The standard InChI is InChI=1S/C62H119NO5/c1-3-5-7-9-11-13-14-15-16-30-33-36-40-44-48-52-56-62(67)68-57-53-49-45-41-37-34-31-28-26-24-22-20-18-17-19-21-23-25-27-29-32-35-39-43-47-51-55-61(66)63-59(58-64)60(65)54-50-46-42-38-12-10-8-6-4-2/h16,30,50,54,59-60,64-65H,3-15,17-29,31-49,51-53,55-58H2,1-2H3,(H,63,66)/b30-16-,54-50+. The summed E-state index contributed by atoms with van der Waals surface area (Å²) in [6.07, 6.45) is 70.9. The molecule has 0 aliphatic heterocycles. The van der Waals surface area contributed by atoms with Gasteiger partial charge in [0.05, 0.1) is 25.4 Å². The third kappa shape index (κ3) is 53.7. The molecule has 0 saturated heterocycles. The number of hydrogen-bond acceptors (Lipinski definition) is 5. The van der Waals surface area contributed by atoms with E-state index in [1.807, 2.05) is 6.08 Å². The van der Waals surface area contributed by atoms with E-state index in [9.17, 15) is 19.8 Å². The largest absolute Gasteiger partial charge is 0.466 e. The monoisotopic (exact) mass is 958 g/mol. The normalized spacial score (nSPS) is 12.7. The zero-order valence-corrected chi connectivity index (χ0v) is 45.9. The van der Waals surface area contributed by atoms with Gasteiger partial charge in [0.2, 0.25) is 5.91 Å². The maximum Gasteiger partial charge on any atom is 0.305 e. The van der Waals surface area contributed by atoms with Crippen molar-refractivity contribution < 1.29 is 24.5 Å². The summed E-state index contributed by atoms with van der Waals surface area (Å²) in [6, 6.07) is -0.623. The first-order valence-corrected chi connectivity index (χ1v) is 30.6. The number of allylic oxidation sites excluding steroid dienone is 3. The number of rotatable bonds is 57. The maximum absolute atomic E-state index is 12.4. The number of carbonyl (C=O) groups is 2. The SMILES string of the molecule is CCCCCCCCC/C=C\CCCCCCCC(=O)OCCCCCCCCCCCCCCCCCCCCCCCCCCCCC(=O)NC(CO)C(O)/C=C/CCCCCCCCC. The molecule has 0 saturated carbocycles. The minimum atomic E-state index is -0.840. The molecule has 3 N–H and O–H groups in total. The molecule has 0 rings (SSSR count). The number of hydrogen-bond donors (Lipinski definition) is 3. The Balaban J connectivity index is 3.33. The lowest BCUT2D eigenvalue weighted by molar-refractivity contribution is -0.143. The van der Waals surface area contributed by atoms with Crippen LogP contribution in [0.2, 0.25) is 0 Å². The molecule has 0 spiro atoms. The van der Waals surface area contributed by atoms with Crippen molar-refractivity contribution in [1.82, 2.24) is 5.32 Å². The Bertz CT molecular complexity index is 1060. The number of esters is 1. The first-order chi connectivity index (χ1) is 33.5. The fraction of sp³-hybridized carbons (Fsp3) is 0.903. The summed E-state index contributed by atoms with van der Waals surface area (Å²) in [7, 11) is 0. The molecule has 402 valence electrons. The van der Waals surface area contributed by atoms with Crippen LogP contribution >= 0.6 is 0 Å². The van der Waals surface area contributed by atoms with Gasteiger partial charge in [-0.3, -0.25) is 9.59 Å². The number of aliphatic hydroxyl groups is 2. The molecule has 2 unspecified atom stereocenters. The van der Waals surface area contributed by atoms with Crippen molar-refractivity contribution in [3.63, 3.8) is 0 Å². The average Bonchev–Trinajstić information content (AvgIpc) is 3.34. The van der Waals surface area contributed by atoms with Crippen molar-refractivity contribution in [1.29, 1.82) is 0 Å². The van der Waals surface area contributed by atoms with E-state index in [0.29, 0.717) is 19.4 Å². The molecule has 0 aliphatic rings. The van der Waals surface area contributed by atoms with Crippen molar-refractivity contribution in [2.24, 2.45) is 0 Å². The second-order valence-electron chi connectivity index (χ2n) is 21.0. The molecule has 6 nitrogen and oxygen atoms in total. The van der Waals surface area contributed by atoms with Crippen LogP contribution in [0.3, 0.4) is 0 Å². The predicted octanol–water partition coefficient (Wildman–Crippen LogP) is 19.0. The molecule has 2 atom stereocenters. The highest BCUT2D eigenvalue weighted by atomic mass is 16.5. The molecule has 0 aromatic heterocycles. The van der Waals surface area contributed by atoms with Crippen molar-refractivity contribution in [3.8, 4) is 0 Å². The maximum atomic E-state index is 12.4. The summed E-state index contributed by atoms with van der Waals surface area (Å²) >= 11 is 0. The number of unbranched alkanes of at least 4 members (excludes halogenated alkanes) is 44. The van der Waals surface area contributed by atoms with E-state index in [2.05, 4.69) is 31.3 Å².